The maximum Gasteiger partial charge on any atom is 0.260 e. The van der Waals surface area contributed by atoms with Crippen LogP contribution < -0.4 is 10.5 Å². The minimum Gasteiger partial charge on any atom is -0.322 e. The normalized spacial score (nSPS) is 20.4. The van der Waals surface area contributed by atoms with Gasteiger partial charge in [-0.05, 0) is 30.9 Å². The van der Waals surface area contributed by atoms with Gasteiger partial charge in [-0.3, -0.25) is 9.59 Å². The number of Topliss-reactive ketones (excluding diaryl/α,β-unsaturated/α-hetero) is 1. The third-order valence-electron chi connectivity index (χ3n) is 4.93. The Bertz CT molecular complexity index is 988. The summed E-state index contributed by atoms with van der Waals surface area (Å²) >= 11 is 3.13. The molecule has 0 spiro atoms. The van der Waals surface area contributed by atoms with E-state index in [9.17, 15) is 9.59 Å². The molecule has 130 valence electrons. The summed E-state index contributed by atoms with van der Waals surface area (Å²) < 4.78 is 0. The summed E-state index contributed by atoms with van der Waals surface area (Å²) in [5.74, 6) is 0.705. The number of ketones is 1. The standard InChI is InChI=1S/C18H19N3O2S2/c1-10-15-17(23)19-14(20-18(15)25-16(10)11(2)22)9-21-7-3-5-12(21)13-6-4-8-24-13/h4,6,8,12H,3,5,7,9H2,1-2H3,(H,19,20,23)/p+1/t12-/m0/s1. The van der Waals surface area contributed by atoms with E-state index in [1.165, 1.54) is 40.9 Å². The number of fused-ring (bicyclic) bond motifs is 1. The van der Waals surface area contributed by atoms with Crippen molar-refractivity contribution in [3.63, 3.8) is 0 Å². The van der Waals surface area contributed by atoms with Gasteiger partial charge >= 0.3 is 0 Å². The van der Waals surface area contributed by atoms with Gasteiger partial charge < -0.3 is 9.88 Å². The Kier molecular flexibility index (Phi) is 4.31. The summed E-state index contributed by atoms with van der Waals surface area (Å²) in [4.78, 5) is 36.1. The van der Waals surface area contributed by atoms with Gasteiger partial charge in [-0.25, -0.2) is 4.98 Å². The predicted octanol–water partition coefficient (Wildman–Crippen LogP) is 2.48. The first-order chi connectivity index (χ1) is 12.0. The highest BCUT2D eigenvalue weighted by atomic mass is 32.1. The third-order valence-corrected chi connectivity index (χ3v) is 7.21. The first-order valence-corrected chi connectivity index (χ1v) is 10.2. The van der Waals surface area contributed by atoms with Crippen molar-refractivity contribution in [1.82, 2.24) is 9.97 Å². The fourth-order valence-electron chi connectivity index (χ4n) is 3.78. The second-order valence-electron chi connectivity index (χ2n) is 6.60. The number of hydrogen-bond donors (Lipinski definition) is 2. The number of carbonyl (C=O) groups excluding carboxylic acids is 1. The van der Waals surface area contributed by atoms with E-state index in [-0.39, 0.29) is 11.3 Å². The molecule has 25 heavy (non-hydrogen) atoms. The van der Waals surface area contributed by atoms with Crippen LogP contribution >= 0.6 is 22.7 Å². The van der Waals surface area contributed by atoms with E-state index < -0.39 is 0 Å². The second-order valence-corrected chi connectivity index (χ2v) is 8.58. The minimum atomic E-state index is -0.132. The number of hydrogen-bond acceptors (Lipinski definition) is 5. The number of H-pyrrole nitrogens is 1. The lowest BCUT2D eigenvalue weighted by atomic mass is 10.2. The molecular weight excluding hydrogens is 354 g/mol. The van der Waals surface area contributed by atoms with Crippen LogP contribution in [0, 0.1) is 6.92 Å². The van der Waals surface area contributed by atoms with Crippen molar-refractivity contribution in [2.75, 3.05) is 6.54 Å². The van der Waals surface area contributed by atoms with Gasteiger partial charge in [0.25, 0.3) is 5.56 Å². The molecule has 4 heterocycles. The van der Waals surface area contributed by atoms with E-state index in [4.69, 9.17) is 0 Å². The van der Waals surface area contributed by atoms with Gasteiger partial charge in [0.15, 0.2) is 11.6 Å². The Morgan fingerprint density at radius 2 is 2.32 bits per heavy atom. The smallest absolute Gasteiger partial charge is 0.260 e. The molecule has 7 heteroatoms. The van der Waals surface area contributed by atoms with Crippen LogP contribution in [0.5, 0.6) is 0 Å². The van der Waals surface area contributed by atoms with E-state index in [0.717, 1.165) is 12.1 Å². The number of thiophene rings is 2. The summed E-state index contributed by atoms with van der Waals surface area (Å²) in [6.45, 7) is 5.16. The van der Waals surface area contributed by atoms with Crippen molar-refractivity contribution in [3.8, 4) is 0 Å². The summed E-state index contributed by atoms with van der Waals surface area (Å²) in [6.07, 6.45) is 2.37. The molecule has 0 aliphatic carbocycles. The predicted molar refractivity (Wildman–Crippen MR) is 101 cm³/mol. The molecular formula is C18H20N3O2S2+. The van der Waals surface area contributed by atoms with Gasteiger partial charge in [0.05, 0.1) is 21.7 Å². The quantitative estimate of drug-likeness (QED) is 0.690. The van der Waals surface area contributed by atoms with E-state index in [0.29, 0.717) is 33.5 Å². The first kappa shape index (κ1) is 16.6. The average Bonchev–Trinajstić information content (AvgIpc) is 3.26. The van der Waals surface area contributed by atoms with E-state index >= 15 is 0 Å². The SMILES string of the molecule is CC(=O)c1sc2nc(C[NH+]3CCC[C@H]3c3cccs3)[nH]c(=O)c2c1C. The van der Waals surface area contributed by atoms with Crippen molar-refractivity contribution in [2.24, 2.45) is 0 Å². The highest BCUT2D eigenvalue weighted by molar-refractivity contribution is 7.20. The van der Waals surface area contributed by atoms with Gasteiger partial charge in [0.2, 0.25) is 0 Å². The highest BCUT2D eigenvalue weighted by Crippen LogP contribution is 2.27. The monoisotopic (exact) mass is 374 g/mol. The second kappa shape index (κ2) is 6.48. The number of quaternary nitrogens is 1. The lowest BCUT2D eigenvalue weighted by Gasteiger charge is -2.19. The molecule has 3 aromatic rings. The Balaban J connectivity index is 1.68. The van der Waals surface area contributed by atoms with Crippen LogP contribution in [0.15, 0.2) is 22.3 Å². The van der Waals surface area contributed by atoms with E-state index in [2.05, 4.69) is 27.5 Å². The maximum absolute atomic E-state index is 12.5. The van der Waals surface area contributed by atoms with Crippen LogP contribution in [0.25, 0.3) is 10.2 Å². The Hall–Kier alpha value is -1.83. The largest absolute Gasteiger partial charge is 0.322 e. The van der Waals surface area contributed by atoms with Gasteiger partial charge in [-0.2, -0.15) is 0 Å². The number of rotatable bonds is 4. The lowest BCUT2D eigenvalue weighted by Crippen LogP contribution is -3.09. The number of aromatic amines is 1. The van der Waals surface area contributed by atoms with Crippen LogP contribution in [0.3, 0.4) is 0 Å². The van der Waals surface area contributed by atoms with Gasteiger partial charge in [-0.15, -0.1) is 22.7 Å². The molecule has 2 atom stereocenters. The van der Waals surface area contributed by atoms with Crippen molar-refractivity contribution in [2.45, 2.75) is 39.3 Å². The molecule has 1 unspecified atom stereocenters. The molecule has 0 bridgehead atoms. The lowest BCUT2D eigenvalue weighted by molar-refractivity contribution is -0.932. The molecule has 1 fully saturated rings. The number of likely N-dealkylation sites (tertiary alicyclic amines) is 1. The molecule has 1 aliphatic heterocycles. The molecule has 0 radical (unpaired) electrons. The number of aryl methyl sites for hydroxylation is 1. The molecule has 0 aromatic carbocycles. The summed E-state index contributed by atoms with van der Waals surface area (Å²) in [5, 5.41) is 2.68. The molecule has 3 aromatic heterocycles. The van der Waals surface area contributed by atoms with Gasteiger partial charge in [0, 0.05) is 12.8 Å². The van der Waals surface area contributed by atoms with Crippen LogP contribution in [0.4, 0.5) is 0 Å². The molecule has 2 N–H and O–H groups in total. The fraction of sp³-hybridized carbons (Fsp3) is 0.389. The van der Waals surface area contributed by atoms with Crippen LogP contribution in [0.2, 0.25) is 0 Å². The average molecular weight is 375 g/mol. The maximum atomic E-state index is 12.5. The van der Waals surface area contributed by atoms with Crippen molar-refractivity contribution < 1.29 is 9.69 Å². The summed E-state index contributed by atoms with van der Waals surface area (Å²) in [6, 6.07) is 4.78. The van der Waals surface area contributed by atoms with Crippen molar-refractivity contribution >= 4 is 38.7 Å². The Morgan fingerprint density at radius 1 is 1.48 bits per heavy atom. The van der Waals surface area contributed by atoms with Gasteiger partial charge in [-0.1, -0.05) is 6.07 Å². The van der Waals surface area contributed by atoms with Crippen LogP contribution in [0.1, 0.15) is 51.7 Å². The van der Waals surface area contributed by atoms with E-state index in [1.54, 1.807) is 11.3 Å². The third kappa shape index (κ3) is 2.96. The number of nitrogens with zero attached hydrogens (tertiary/aromatic N) is 1. The number of carbonyl (C=O) groups is 1. The molecule has 0 amide bonds. The molecule has 4 rings (SSSR count). The molecule has 5 nitrogen and oxygen atoms in total. The number of aromatic nitrogens is 2. The molecule has 1 aliphatic rings. The first-order valence-electron chi connectivity index (χ1n) is 8.46. The Labute approximate surface area is 153 Å². The van der Waals surface area contributed by atoms with Crippen LogP contribution in [-0.4, -0.2) is 22.3 Å². The van der Waals surface area contributed by atoms with Crippen LogP contribution in [-0.2, 0) is 6.54 Å². The summed E-state index contributed by atoms with van der Waals surface area (Å²) in [7, 11) is 0. The highest BCUT2D eigenvalue weighted by Gasteiger charge is 2.31. The Morgan fingerprint density at radius 3 is 3.04 bits per heavy atom. The molecule has 1 saturated heterocycles. The number of nitrogens with one attached hydrogen (secondary N) is 2. The fourth-order valence-corrected chi connectivity index (χ4v) is 5.80. The van der Waals surface area contributed by atoms with E-state index in [1.807, 2.05) is 6.92 Å². The topological polar surface area (TPSA) is 67.3 Å². The minimum absolute atomic E-state index is 0.00984. The zero-order chi connectivity index (χ0) is 17.6. The summed E-state index contributed by atoms with van der Waals surface area (Å²) in [5.41, 5.74) is 0.616. The van der Waals surface area contributed by atoms with Crippen molar-refractivity contribution in [3.05, 3.63) is 49.0 Å². The zero-order valence-electron chi connectivity index (χ0n) is 14.2. The van der Waals surface area contributed by atoms with Crippen molar-refractivity contribution in [1.29, 1.82) is 0 Å². The van der Waals surface area contributed by atoms with Gasteiger partial charge in [0.1, 0.15) is 17.4 Å². The molecule has 0 saturated carbocycles. The zero-order valence-corrected chi connectivity index (χ0v) is 15.9.